The van der Waals surface area contributed by atoms with E-state index < -0.39 is 21.6 Å². The number of halogens is 1. The third-order valence-corrected chi connectivity index (χ3v) is 4.36. The normalized spacial score (nSPS) is 11.4. The fourth-order valence-corrected chi connectivity index (χ4v) is 3.48. The van der Waals surface area contributed by atoms with Crippen molar-refractivity contribution in [1.82, 2.24) is 0 Å². The van der Waals surface area contributed by atoms with Crippen LogP contribution in [0.4, 0.5) is 4.39 Å². The van der Waals surface area contributed by atoms with E-state index in [-0.39, 0.29) is 22.6 Å². The second-order valence-electron chi connectivity index (χ2n) is 3.79. The Kier molecular flexibility index (Phi) is 5.15. The monoisotopic (exact) mass is 292 g/mol. The van der Waals surface area contributed by atoms with Gasteiger partial charge in [0.1, 0.15) is 15.7 Å². The summed E-state index contributed by atoms with van der Waals surface area (Å²) >= 11 is 1.26. The van der Waals surface area contributed by atoms with Crippen LogP contribution in [0.2, 0.25) is 0 Å². The molecular formula is C11H13FO4S2. The summed E-state index contributed by atoms with van der Waals surface area (Å²) in [7, 11) is -3.02. The van der Waals surface area contributed by atoms with E-state index in [2.05, 4.69) is 0 Å². The predicted octanol–water partition coefficient (Wildman–Crippen LogP) is 1.80. The summed E-state index contributed by atoms with van der Waals surface area (Å²) in [5.74, 6) is -0.958. The number of carboxylic acid groups (broad SMARTS) is 1. The number of hydrogen-bond donors (Lipinski definition) is 1. The molecule has 100 valence electrons. The highest BCUT2D eigenvalue weighted by atomic mass is 32.2. The Bertz CT molecular complexity index is 540. The molecule has 0 unspecified atom stereocenters. The number of aromatic carboxylic acids is 1. The lowest BCUT2D eigenvalue weighted by Crippen LogP contribution is -2.05. The predicted molar refractivity (Wildman–Crippen MR) is 69.2 cm³/mol. The molecule has 0 aliphatic rings. The van der Waals surface area contributed by atoms with E-state index in [0.717, 1.165) is 12.3 Å². The molecule has 1 aromatic carbocycles. The molecule has 0 saturated heterocycles. The molecule has 1 rings (SSSR count). The Hall–Kier alpha value is -1.08. The number of carbonyl (C=O) groups is 1. The van der Waals surface area contributed by atoms with Crippen molar-refractivity contribution in [3.05, 3.63) is 35.1 Å². The molecule has 0 heterocycles. The van der Waals surface area contributed by atoms with Crippen molar-refractivity contribution < 1.29 is 22.7 Å². The second kappa shape index (κ2) is 6.19. The highest BCUT2D eigenvalue weighted by molar-refractivity contribution is 7.99. The van der Waals surface area contributed by atoms with Crippen LogP contribution < -0.4 is 0 Å². The Morgan fingerprint density at radius 2 is 2.11 bits per heavy atom. The molecule has 0 aliphatic carbocycles. The van der Waals surface area contributed by atoms with Gasteiger partial charge in [-0.15, -0.1) is 0 Å². The maximum Gasteiger partial charge on any atom is 0.335 e. The lowest BCUT2D eigenvalue weighted by molar-refractivity contribution is 0.0696. The molecule has 0 radical (unpaired) electrons. The number of sulfone groups is 1. The fraction of sp³-hybridized carbons (Fsp3) is 0.364. The van der Waals surface area contributed by atoms with Crippen LogP contribution in [-0.4, -0.2) is 37.3 Å². The first-order chi connectivity index (χ1) is 8.29. The minimum absolute atomic E-state index is 0.0233. The van der Waals surface area contributed by atoms with Gasteiger partial charge in [0.2, 0.25) is 0 Å². The van der Waals surface area contributed by atoms with E-state index in [4.69, 9.17) is 5.11 Å². The largest absolute Gasteiger partial charge is 0.478 e. The molecule has 0 atom stereocenters. The minimum Gasteiger partial charge on any atom is -0.478 e. The quantitative estimate of drug-likeness (QED) is 0.810. The summed E-state index contributed by atoms with van der Waals surface area (Å²) < 4.78 is 35.1. The average molecular weight is 292 g/mol. The summed E-state index contributed by atoms with van der Waals surface area (Å²) in [5, 5.41) is 8.77. The topological polar surface area (TPSA) is 71.4 Å². The van der Waals surface area contributed by atoms with Crippen LogP contribution in [-0.2, 0) is 15.6 Å². The van der Waals surface area contributed by atoms with E-state index in [1.807, 2.05) is 0 Å². The van der Waals surface area contributed by atoms with Crippen molar-refractivity contribution in [1.29, 1.82) is 0 Å². The average Bonchev–Trinajstić information content (AvgIpc) is 2.24. The maximum absolute atomic E-state index is 13.4. The highest BCUT2D eigenvalue weighted by Crippen LogP contribution is 2.17. The van der Waals surface area contributed by atoms with Crippen LogP contribution in [0.15, 0.2) is 18.2 Å². The van der Waals surface area contributed by atoms with Crippen LogP contribution in [0.3, 0.4) is 0 Å². The first-order valence-electron chi connectivity index (χ1n) is 5.07. The smallest absolute Gasteiger partial charge is 0.335 e. The van der Waals surface area contributed by atoms with Crippen molar-refractivity contribution in [3.63, 3.8) is 0 Å². The standard InChI is InChI=1S/C11H13FO4S2/c1-18(15,16)5-4-17-7-9-6-8(11(13)14)2-3-10(9)12/h2-3,6H,4-5,7H2,1H3,(H,13,14). The van der Waals surface area contributed by atoms with E-state index in [0.29, 0.717) is 5.75 Å². The molecule has 0 fully saturated rings. The molecule has 0 aromatic heterocycles. The maximum atomic E-state index is 13.4. The molecule has 0 bridgehead atoms. The van der Waals surface area contributed by atoms with Crippen molar-refractivity contribution in [2.45, 2.75) is 5.75 Å². The lowest BCUT2D eigenvalue weighted by Gasteiger charge is -2.04. The molecule has 7 heteroatoms. The third-order valence-electron chi connectivity index (χ3n) is 2.15. The van der Waals surface area contributed by atoms with Crippen molar-refractivity contribution in [2.75, 3.05) is 17.8 Å². The third kappa shape index (κ3) is 5.05. The van der Waals surface area contributed by atoms with E-state index >= 15 is 0 Å². The Morgan fingerprint density at radius 1 is 1.44 bits per heavy atom. The number of benzene rings is 1. The highest BCUT2D eigenvalue weighted by Gasteiger charge is 2.09. The number of rotatable bonds is 6. The van der Waals surface area contributed by atoms with Gasteiger partial charge in [0.15, 0.2) is 0 Å². The SMILES string of the molecule is CS(=O)(=O)CCSCc1cc(C(=O)O)ccc1F. The number of thioether (sulfide) groups is 1. The fourth-order valence-electron chi connectivity index (χ4n) is 1.21. The molecule has 0 amide bonds. The van der Waals surface area contributed by atoms with Crippen LogP contribution in [0, 0.1) is 5.82 Å². The van der Waals surface area contributed by atoms with Gasteiger partial charge in [-0.25, -0.2) is 17.6 Å². The van der Waals surface area contributed by atoms with Crippen LogP contribution >= 0.6 is 11.8 Å². The van der Waals surface area contributed by atoms with Gasteiger partial charge in [-0.1, -0.05) is 0 Å². The molecule has 18 heavy (non-hydrogen) atoms. The lowest BCUT2D eigenvalue weighted by atomic mass is 10.1. The Labute approximate surface area is 109 Å². The zero-order valence-electron chi connectivity index (χ0n) is 9.72. The van der Waals surface area contributed by atoms with Gasteiger partial charge in [-0.2, -0.15) is 11.8 Å². The molecule has 4 nitrogen and oxygen atoms in total. The summed E-state index contributed by atoms with van der Waals surface area (Å²) in [5.41, 5.74) is 0.295. The summed E-state index contributed by atoms with van der Waals surface area (Å²) in [6, 6.07) is 3.57. The van der Waals surface area contributed by atoms with Crippen LogP contribution in [0.5, 0.6) is 0 Å². The molecule has 0 saturated carbocycles. The summed E-state index contributed by atoms with van der Waals surface area (Å²) in [6.07, 6.45) is 1.14. The first kappa shape index (κ1) is 15.0. The second-order valence-corrected chi connectivity index (χ2v) is 7.16. The van der Waals surface area contributed by atoms with Crippen molar-refractivity contribution in [3.8, 4) is 0 Å². The Balaban J connectivity index is 2.61. The molecule has 1 N–H and O–H groups in total. The van der Waals surface area contributed by atoms with E-state index in [9.17, 15) is 17.6 Å². The Morgan fingerprint density at radius 3 is 2.67 bits per heavy atom. The zero-order valence-corrected chi connectivity index (χ0v) is 11.4. The van der Waals surface area contributed by atoms with Crippen LogP contribution in [0.25, 0.3) is 0 Å². The summed E-state index contributed by atoms with van der Waals surface area (Å²) in [4.78, 5) is 10.7. The summed E-state index contributed by atoms with van der Waals surface area (Å²) in [6.45, 7) is 0. The number of hydrogen-bond acceptors (Lipinski definition) is 4. The number of carboxylic acids is 1. The van der Waals surface area contributed by atoms with Gasteiger partial charge in [-0.05, 0) is 23.8 Å². The van der Waals surface area contributed by atoms with Gasteiger partial charge in [0.05, 0.1) is 11.3 Å². The molecule has 0 spiro atoms. The zero-order chi connectivity index (χ0) is 13.8. The molecule has 0 aliphatic heterocycles. The van der Waals surface area contributed by atoms with E-state index in [1.165, 1.54) is 23.9 Å². The van der Waals surface area contributed by atoms with E-state index in [1.54, 1.807) is 0 Å². The van der Waals surface area contributed by atoms with Gasteiger partial charge < -0.3 is 5.11 Å². The van der Waals surface area contributed by atoms with Crippen molar-refractivity contribution >= 4 is 27.6 Å². The van der Waals surface area contributed by atoms with Gasteiger partial charge in [-0.3, -0.25) is 0 Å². The van der Waals surface area contributed by atoms with Crippen LogP contribution in [0.1, 0.15) is 15.9 Å². The van der Waals surface area contributed by atoms with Gasteiger partial charge in [0.25, 0.3) is 0 Å². The molecular weight excluding hydrogens is 279 g/mol. The first-order valence-corrected chi connectivity index (χ1v) is 8.28. The minimum atomic E-state index is -3.02. The van der Waals surface area contributed by atoms with Crippen molar-refractivity contribution in [2.24, 2.45) is 0 Å². The van der Waals surface area contributed by atoms with Gasteiger partial charge in [0, 0.05) is 17.8 Å². The molecule has 1 aromatic rings. The van der Waals surface area contributed by atoms with Gasteiger partial charge >= 0.3 is 5.97 Å².